The number of likely N-dealkylation sites (N-methyl/N-ethyl adjacent to an activating group) is 1. The van der Waals surface area contributed by atoms with Crippen LogP contribution in [0.3, 0.4) is 0 Å². The number of thiophene rings is 1. The number of nitrogens with one attached hydrogen (secondary N) is 1. The van der Waals surface area contributed by atoms with Crippen LogP contribution in [-0.2, 0) is 11.2 Å². The minimum Gasteiger partial charge on any atom is -0.490 e. The van der Waals surface area contributed by atoms with Crippen molar-refractivity contribution in [3.05, 3.63) is 70.5 Å². The van der Waals surface area contributed by atoms with Crippen LogP contribution in [0.5, 0.6) is 5.75 Å². The number of aromatic nitrogens is 4. The first-order chi connectivity index (χ1) is 22.6. The summed E-state index contributed by atoms with van der Waals surface area (Å²) in [6, 6.07) is 8.08. The molecule has 0 amide bonds. The van der Waals surface area contributed by atoms with Crippen molar-refractivity contribution in [3.63, 3.8) is 0 Å². The molecule has 0 saturated heterocycles. The molecule has 3 unspecified atom stereocenters. The topological polar surface area (TPSA) is 77.3 Å². The number of pyridine rings is 2. The van der Waals surface area contributed by atoms with Gasteiger partial charge in [-0.15, -0.1) is 11.3 Å². The maximum atomic E-state index is 16.1. The number of nitrogens with zero attached hydrogens (tertiary/aromatic N) is 5. The second-order valence-electron chi connectivity index (χ2n) is 12.1. The Bertz CT molecular complexity index is 1940. The molecule has 8 nitrogen and oxygen atoms in total. The molecule has 4 aromatic heterocycles. The van der Waals surface area contributed by atoms with Crippen molar-refractivity contribution in [1.82, 2.24) is 30.0 Å². The van der Waals surface area contributed by atoms with Crippen LogP contribution in [0.2, 0.25) is 0 Å². The molecule has 1 N–H and O–H groups in total. The van der Waals surface area contributed by atoms with Crippen LogP contribution < -0.4 is 10.1 Å². The fraction of sp³-hybridized carbons (Fsp3) is 0.382. The van der Waals surface area contributed by atoms with Gasteiger partial charge in [-0.2, -0.15) is 13.9 Å². The average molecular weight is 667 g/mol. The van der Waals surface area contributed by atoms with Crippen molar-refractivity contribution in [3.8, 4) is 39.5 Å². The summed E-state index contributed by atoms with van der Waals surface area (Å²) in [5, 5.41) is 11.1. The highest BCUT2D eigenvalue weighted by Crippen LogP contribution is 2.47. The highest BCUT2D eigenvalue weighted by Gasteiger charge is 2.30. The van der Waals surface area contributed by atoms with E-state index >= 15 is 4.39 Å². The summed E-state index contributed by atoms with van der Waals surface area (Å²) in [7, 11) is 2.09. The Kier molecular flexibility index (Phi) is 8.49. The lowest BCUT2D eigenvalue weighted by Crippen LogP contribution is -2.34. The van der Waals surface area contributed by atoms with E-state index in [9.17, 15) is 13.2 Å². The summed E-state index contributed by atoms with van der Waals surface area (Å²) < 4.78 is 68.7. The molecule has 47 heavy (non-hydrogen) atoms. The van der Waals surface area contributed by atoms with E-state index in [0.29, 0.717) is 27.3 Å². The van der Waals surface area contributed by atoms with Gasteiger partial charge in [0.2, 0.25) is 0 Å². The Morgan fingerprint density at radius 1 is 1.06 bits per heavy atom. The van der Waals surface area contributed by atoms with Crippen LogP contribution in [0.15, 0.2) is 41.9 Å². The number of rotatable bonds is 8. The molecule has 13 heteroatoms. The molecule has 0 bridgehead atoms. The van der Waals surface area contributed by atoms with Crippen LogP contribution in [0, 0.1) is 11.6 Å². The third kappa shape index (κ3) is 5.79. The Labute approximate surface area is 273 Å². The van der Waals surface area contributed by atoms with Gasteiger partial charge < -0.3 is 14.8 Å². The van der Waals surface area contributed by atoms with Crippen molar-refractivity contribution in [2.24, 2.45) is 0 Å². The van der Waals surface area contributed by atoms with Crippen molar-refractivity contribution in [2.45, 2.75) is 51.9 Å². The summed E-state index contributed by atoms with van der Waals surface area (Å²) in [5.74, 6) is -1.89. The van der Waals surface area contributed by atoms with Gasteiger partial charge in [-0.25, -0.2) is 13.8 Å². The van der Waals surface area contributed by atoms with Crippen molar-refractivity contribution in [2.75, 3.05) is 33.4 Å². The number of benzene rings is 1. The standard InChI is InChI=1S/C34H34F4N6O2S/c1-17-15-39-18(2)27-14-26(42-44(17)27)32-30(29-24(36)12-21(35)13-28(29)45-8-9-46-34(37)38)33-22(6-10-47-33)31(41-32)20-11-23-19(3)43(4)7-5-25(23)40-16-20/h6,10-14,16-19,34,39H,5,7-9,15H2,1-4H3. The van der Waals surface area contributed by atoms with Crippen molar-refractivity contribution >= 4 is 21.4 Å². The first kappa shape index (κ1) is 31.7. The van der Waals surface area contributed by atoms with Gasteiger partial charge in [-0.1, -0.05) is 0 Å². The van der Waals surface area contributed by atoms with E-state index in [2.05, 4.69) is 48.8 Å². The quantitative estimate of drug-likeness (QED) is 0.135. The molecule has 0 spiro atoms. The van der Waals surface area contributed by atoms with Crippen molar-refractivity contribution in [1.29, 1.82) is 0 Å². The van der Waals surface area contributed by atoms with Gasteiger partial charge in [0, 0.05) is 76.8 Å². The predicted octanol–water partition coefficient (Wildman–Crippen LogP) is 7.56. The molecule has 7 rings (SSSR count). The monoisotopic (exact) mass is 666 g/mol. The fourth-order valence-corrected chi connectivity index (χ4v) is 7.47. The van der Waals surface area contributed by atoms with E-state index in [1.165, 1.54) is 11.3 Å². The number of ether oxygens (including phenoxy) is 2. The molecule has 246 valence electrons. The number of fused-ring (bicyclic) bond motifs is 3. The third-order valence-electron chi connectivity index (χ3n) is 9.14. The lowest BCUT2D eigenvalue weighted by Gasteiger charge is -2.31. The molecular formula is C34H34F4N6O2S. The van der Waals surface area contributed by atoms with Crippen LogP contribution in [0.4, 0.5) is 17.6 Å². The minimum absolute atomic E-state index is 0.0143. The summed E-state index contributed by atoms with van der Waals surface area (Å²) in [4.78, 5) is 12.3. The fourth-order valence-electron chi connectivity index (χ4n) is 6.52. The van der Waals surface area contributed by atoms with Gasteiger partial charge in [-0.05, 0) is 57.0 Å². The van der Waals surface area contributed by atoms with Crippen LogP contribution >= 0.6 is 11.3 Å². The van der Waals surface area contributed by atoms with Gasteiger partial charge >= 0.3 is 6.61 Å². The number of alkyl halides is 2. The van der Waals surface area contributed by atoms with E-state index < -0.39 is 24.9 Å². The maximum absolute atomic E-state index is 16.1. The lowest BCUT2D eigenvalue weighted by atomic mass is 9.94. The number of hydrogen-bond donors (Lipinski definition) is 1. The first-order valence-corrected chi connectivity index (χ1v) is 16.4. The summed E-state index contributed by atoms with van der Waals surface area (Å²) in [6.07, 6.45) is 2.68. The zero-order valence-corrected chi connectivity index (χ0v) is 27.2. The minimum atomic E-state index is -3.00. The second-order valence-corrected chi connectivity index (χ2v) is 13.0. The summed E-state index contributed by atoms with van der Waals surface area (Å²) in [6.45, 7) is 4.10. The number of hydrogen-bond acceptors (Lipinski definition) is 8. The van der Waals surface area contributed by atoms with E-state index in [-0.39, 0.29) is 36.0 Å². The SMILES string of the molecule is CC1NCC(C)n2nc(-c3nc(-c4cnc5c(c4)C(C)N(C)CC5)c4ccsc4c3-c3c(F)cc(F)cc3OCCOC(F)F)cc21. The van der Waals surface area contributed by atoms with E-state index in [0.717, 1.165) is 59.5 Å². The molecular weight excluding hydrogens is 632 g/mol. The molecule has 6 heterocycles. The zero-order valence-electron chi connectivity index (χ0n) is 26.4. The highest BCUT2D eigenvalue weighted by molar-refractivity contribution is 7.18. The van der Waals surface area contributed by atoms with Crippen LogP contribution in [-0.4, -0.2) is 64.6 Å². The molecule has 1 aromatic carbocycles. The second kappa shape index (κ2) is 12.6. The van der Waals surface area contributed by atoms with E-state index in [1.54, 1.807) is 0 Å². The van der Waals surface area contributed by atoms with Crippen molar-refractivity contribution < 1.29 is 27.0 Å². The third-order valence-corrected chi connectivity index (χ3v) is 10.1. The van der Waals surface area contributed by atoms with Gasteiger partial charge in [0.1, 0.15) is 35.4 Å². The molecule has 3 atom stereocenters. The maximum Gasteiger partial charge on any atom is 0.345 e. The molecule has 2 aliphatic rings. The van der Waals surface area contributed by atoms with Gasteiger partial charge in [-0.3, -0.25) is 14.6 Å². The smallest absolute Gasteiger partial charge is 0.345 e. The first-order valence-electron chi connectivity index (χ1n) is 15.6. The van der Waals surface area contributed by atoms with Crippen LogP contribution in [0.1, 0.15) is 55.8 Å². The Morgan fingerprint density at radius 3 is 2.68 bits per heavy atom. The van der Waals surface area contributed by atoms with Gasteiger partial charge in [0.15, 0.2) is 0 Å². The Hall–Kier alpha value is -3.91. The normalized spacial score (nSPS) is 19.7. The Morgan fingerprint density at radius 2 is 1.89 bits per heavy atom. The predicted molar refractivity (Wildman–Crippen MR) is 173 cm³/mol. The molecule has 5 aromatic rings. The summed E-state index contributed by atoms with van der Waals surface area (Å²) in [5.41, 5.74) is 5.86. The van der Waals surface area contributed by atoms with E-state index in [1.807, 2.05) is 28.4 Å². The number of halogens is 4. The Balaban J connectivity index is 1.47. The van der Waals surface area contributed by atoms with Gasteiger partial charge in [0.05, 0.1) is 29.6 Å². The highest BCUT2D eigenvalue weighted by atomic mass is 32.1. The lowest BCUT2D eigenvalue weighted by molar-refractivity contribution is -0.133. The molecule has 0 saturated carbocycles. The largest absolute Gasteiger partial charge is 0.490 e. The molecule has 0 radical (unpaired) electrons. The molecule has 2 aliphatic heterocycles. The molecule has 0 aliphatic carbocycles. The average Bonchev–Trinajstić information content (AvgIpc) is 3.72. The summed E-state index contributed by atoms with van der Waals surface area (Å²) >= 11 is 1.39. The van der Waals surface area contributed by atoms with E-state index in [4.69, 9.17) is 19.8 Å². The van der Waals surface area contributed by atoms with Crippen LogP contribution in [0.25, 0.3) is 43.9 Å². The molecule has 0 fully saturated rings. The van der Waals surface area contributed by atoms with Gasteiger partial charge in [0.25, 0.3) is 0 Å². The zero-order chi connectivity index (χ0) is 33.0.